The highest BCUT2D eigenvalue weighted by molar-refractivity contribution is 5.07. The highest BCUT2D eigenvalue weighted by Gasteiger charge is 2.30. The molecule has 1 unspecified atom stereocenters. The van der Waals surface area contributed by atoms with E-state index >= 15 is 0 Å². The summed E-state index contributed by atoms with van der Waals surface area (Å²) in [6, 6.07) is 0. The number of ether oxygens (including phenoxy) is 1. The third-order valence-electron chi connectivity index (χ3n) is 4.82. The third kappa shape index (κ3) is 3.04. The molecule has 1 saturated heterocycles. The van der Waals surface area contributed by atoms with Crippen LogP contribution >= 0.6 is 0 Å². The molecule has 2 rings (SSSR count). The van der Waals surface area contributed by atoms with E-state index < -0.39 is 0 Å². The van der Waals surface area contributed by atoms with Crippen molar-refractivity contribution in [2.45, 2.75) is 46.5 Å². The van der Waals surface area contributed by atoms with Crippen molar-refractivity contribution in [1.29, 1.82) is 0 Å². The maximum absolute atomic E-state index is 5.41. The minimum absolute atomic E-state index is 0.507. The average Bonchev–Trinajstić information content (AvgIpc) is 2.40. The van der Waals surface area contributed by atoms with E-state index in [1.807, 2.05) is 0 Å². The second-order valence-electron chi connectivity index (χ2n) is 6.11. The molecule has 0 spiro atoms. The van der Waals surface area contributed by atoms with Crippen LogP contribution in [-0.4, -0.2) is 31.2 Å². The Hall–Kier alpha value is -0.500. The van der Waals surface area contributed by atoms with Gasteiger partial charge in [-0.3, -0.25) is 0 Å². The lowest BCUT2D eigenvalue weighted by Gasteiger charge is -2.39. The smallest absolute Gasteiger partial charge is 0.0642 e. The van der Waals surface area contributed by atoms with Crippen LogP contribution in [0.15, 0.2) is 11.8 Å². The number of hydrogen-bond donors (Lipinski definition) is 0. The van der Waals surface area contributed by atoms with Crippen LogP contribution in [0.2, 0.25) is 0 Å². The van der Waals surface area contributed by atoms with Crippen molar-refractivity contribution < 1.29 is 4.74 Å². The third-order valence-corrected chi connectivity index (χ3v) is 4.82. The predicted octanol–water partition coefficient (Wildman–Crippen LogP) is 3.44. The molecule has 1 aliphatic heterocycles. The first-order chi connectivity index (χ1) is 8.13. The quantitative estimate of drug-likeness (QED) is 0.745. The molecule has 1 heterocycles. The number of rotatable bonds is 3. The molecule has 2 aliphatic rings. The monoisotopic (exact) mass is 237 g/mol. The molecular weight excluding hydrogens is 210 g/mol. The highest BCUT2D eigenvalue weighted by atomic mass is 16.5. The van der Waals surface area contributed by atoms with Gasteiger partial charge in [-0.2, -0.15) is 0 Å². The Balaban J connectivity index is 1.92. The molecule has 2 heteroatoms. The van der Waals surface area contributed by atoms with Gasteiger partial charge in [0.2, 0.25) is 0 Å². The zero-order valence-corrected chi connectivity index (χ0v) is 11.7. The summed E-state index contributed by atoms with van der Waals surface area (Å²) in [5.41, 5.74) is 2.09. The molecule has 0 bridgehead atoms. The summed E-state index contributed by atoms with van der Waals surface area (Å²) in [5, 5.41) is 0. The Morgan fingerprint density at radius 3 is 2.59 bits per heavy atom. The van der Waals surface area contributed by atoms with Gasteiger partial charge in [0, 0.05) is 18.8 Å². The molecule has 0 aromatic rings. The molecule has 98 valence electrons. The van der Waals surface area contributed by atoms with Crippen LogP contribution in [0.5, 0.6) is 0 Å². The summed E-state index contributed by atoms with van der Waals surface area (Å²) in [6.45, 7) is 11.2. The normalized spacial score (nSPS) is 26.9. The first-order valence-electron chi connectivity index (χ1n) is 7.15. The zero-order chi connectivity index (χ0) is 12.3. The summed E-state index contributed by atoms with van der Waals surface area (Å²) < 4.78 is 5.41. The van der Waals surface area contributed by atoms with E-state index in [2.05, 4.69) is 31.7 Å². The van der Waals surface area contributed by atoms with Crippen molar-refractivity contribution in [1.82, 2.24) is 4.90 Å². The van der Waals surface area contributed by atoms with Crippen molar-refractivity contribution in [3.05, 3.63) is 11.8 Å². The van der Waals surface area contributed by atoms with Crippen molar-refractivity contribution in [2.24, 2.45) is 11.3 Å². The van der Waals surface area contributed by atoms with E-state index in [1.54, 1.807) is 5.70 Å². The number of morpholine rings is 1. The minimum atomic E-state index is 0.507. The molecule has 1 fully saturated rings. The highest BCUT2D eigenvalue weighted by Crippen LogP contribution is 2.40. The van der Waals surface area contributed by atoms with Gasteiger partial charge >= 0.3 is 0 Å². The lowest BCUT2D eigenvalue weighted by Crippen LogP contribution is -2.37. The first-order valence-corrected chi connectivity index (χ1v) is 7.15. The van der Waals surface area contributed by atoms with E-state index in [-0.39, 0.29) is 0 Å². The van der Waals surface area contributed by atoms with Gasteiger partial charge in [-0.25, -0.2) is 0 Å². The van der Waals surface area contributed by atoms with Crippen molar-refractivity contribution in [3.63, 3.8) is 0 Å². The topological polar surface area (TPSA) is 12.5 Å². The van der Waals surface area contributed by atoms with Crippen LogP contribution in [0.3, 0.4) is 0 Å². The Morgan fingerprint density at radius 1 is 1.35 bits per heavy atom. The summed E-state index contributed by atoms with van der Waals surface area (Å²) in [4.78, 5) is 2.53. The van der Waals surface area contributed by atoms with Gasteiger partial charge in [0.1, 0.15) is 0 Å². The second kappa shape index (κ2) is 5.43. The van der Waals surface area contributed by atoms with Gasteiger partial charge in [0.25, 0.3) is 0 Å². The largest absolute Gasteiger partial charge is 0.378 e. The molecule has 2 nitrogen and oxygen atoms in total. The molecule has 1 atom stereocenters. The van der Waals surface area contributed by atoms with Gasteiger partial charge < -0.3 is 9.64 Å². The number of allylic oxidation sites excluding steroid dienone is 2. The van der Waals surface area contributed by atoms with E-state index in [0.717, 1.165) is 32.2 Å². The van der Waals surface area contributed by atoms with Crippen LogP contribution in [0, 0.1) is 11.3 Å². The van der Waals surface area contributed by atoms with Gasteiger partial charge in [0.15, 0.2) is 0 Å². The summed E-state index contributed by atoms with van der Waals surface area (Å²) in [6.07, 6.45) is 7.70. The summed E-state index contributed by atoms with van der Waals surface area (Å²) >= 11 is 0. The minimum Gasteiger partial charge on any atom is -0.378 e. The van der Waals surface area contributed by atoms with Crippen molar-refractivity contribution >= 4 is 0 Å². The van der Waals surface area contributed by atoms with Gasteiger partial charge in [0.05, 0.1) is 13.2 Å². The molecule has 0 N–H and O–H groups in total. The van der Waals surface area contributed by atoms with E-state index in [9.17, 15) is 0 Å². The first kappa shape index (κ1) is 12.9. The predicted molar refractivity (Wildman–Crippen MR) is 71.9 cm³/mol. The van der Waals surface area contributed by atoms with Crippen LogP contribution in [0.4, 0.5) is 0 Å². The molecule has 17 heavy (non-hydrogen) atoms. The number of nitrogens with zero attached hydrogens (tertiary/aromatic N) is 1. The Bertz CT molecular complexity index is 277. The number of hydrogen-bond acceptors (Lipinski definition) is 2. The molecule has 0 aromatic carbocycles. The molecule has 0 aromatic heterocycles. The molecular formula is C15H27NO. The van der Waals surface area contributed by atoms with E-state index in [1.165, 1.54) is 25.7 Å². The van der Waals surface area contributed by atoms with E-state index in [0.29, 0.717) is 5.41 Å². The van der Waals surface area contributed by atoms with E-state index in [4.69, 9.17) is 4.74 Å². The molecule has 0 amide bonds. The van der Waals surface area contributed by atoms with Crippen LogP contribution in [0.1, 0.15) is 46.5 Å². The maximum atomic E-state index is 5.41. The van der Waals surface area contributed by atoms with Gasteiger partial charge in [-0.05, 0) is 30.6 Å². The fourth-order valence-corrected chi connectivity index (χ4v) is 2.96. The van der Waals surface area contributed by atoms with Crippen molar-refractivity contribution in [2.75, 3.05) is 26.3 Å². The maximum Gasteiger partial charge on any atom is 0.0642 e. The standard InChI is InChI=1S/C15H27NO/c1-4-15(2,3)13-5-7-14(8-6-13)16-9-11-17-12-10-16/h7,13H,4-6,8-12H2,1-3H3. The fraction of sp³-hybridized carbons (Fsp3) is 0.867. The van der Waals surface area contributed by atoms with Crippen molar-refractivity contribution in [3.8, 4) is 0 Å². The lowest BCUT2D eigenvalue weighted by molar-refractivity contribution is 0.0491. The van der Waals surface area contributed by atoms with Gasteiger partial charge in [-0.15, -0.1) is 0 Å². The summed E-state index contributed by atoms with van der Waals surface area (Å²) in [5.74, 6) is 0.872. The lowest BCUT2D eigenvalue weighted by atomic mass is 9.71. The Morgan fingerprint density at radius 2 is 2.06 bits per heavy atom. The van der Waals surface area contributed by atoms with Crippen LogP contribution in [0.25, 0.3) is 0 Å². The molecule has 0 saturated carbocycles. The SMILES string of the molecule is CCC(C)(C)C1CC=C(N2CCOCC2)CC1. The van der Waals surface area contributed by atoms with Crippen LogP contribution in [-0.2, 0) is 4.74 Å². The molecule has 1 aliphatic carbocycles. The molecule has 0 radical (unpaired) electrons. The second-order valence-corrected chi connectivity index (χ2v) is 6.11. The Labute approximate surface area is 106 Å². The zero-order valence-electron chi connectivity index (χ0n) is 11.7. The fourth-order valence-electron chi connectivity index (χ4n) is 2.96. The average molecular weight is 237 g/mol. The summed E-state index contributed by atoms with van der Waals surface area (Å²) in [7, 11) is 0. The Kier molecular flexibility index (Phi) is 4.13. The van der Waals surface area contributed by atoms with Crippen LogP contribution < -0.4 is 0 Å². The van der Waals surface area contributed by atoms with Gasteiger partial charge in [-0.1, -0.05) is 33.3 Å².